The molecule has 1 amide bonds. The standard InChI is InChI=1S/C16H23NO4/c1-21-12-5-6-13(14(19)9-12)15(20)17-10-16(11-18)7-3-2-4-8-16/h5-6,9,18-19H,2-4,7-8,10-11H2,1H3,(H,17,20). The number of rotatable bonds is 5. The topological polar surface area (TPSA) is 78.8 Å². The highest BCUT2D eigenvalue weighted by Crippen LogP contribution is 2.35. The summed E-state index contributed by atoms with van der Waals surface area (Å²) >= 11 is 0. The molecule has 1 aliphatic carbocycles. The molecule has 1 aromatic carbocycles. The Labute approximate surface area is 124 Å². The van der Waals surface area contributed by atoms with Gasteiger partial charge in [0.05, 0.1) is 19.3 Å². The molecule has 1 saturated carbocycles. The van der Waals surface area contributed by atoms with Crippen molar-refractivity contribution in [2.24, 2.45) is 5.41 Å². The lowest BCUT2D eigenvalue weighted by Crippen LogP contribution is -2.41. The molecular formula is C16H23NO4. The fraction of sp³-hybridized carbons (Fsp3) is 0.562. The van der Waals surface area contributed by atoms with Gasteiger partial charge in [-0.3, -0.25) is 4.79 Å². The van der Waals surface area contributed by atoms with Gasteiger partial charge in [-0.05, 0) is 25.0 Å². The van der Waals surface area contributed by atoms with Crippen molar-refractivity contribution in [1.29, 1.82) is 0 Å². The van der Waals surface area contributed by atoms with E-state index in [1.54, 1.807) is 6.07 Å². The van der Waals surface area contributed by atoms with Crippen LogP contribution in [0.4, 0.5) is 0 Å². The summed E-state index contributed by atoms with van der Waals surface area (Å²) in [5.74, 6) is 0.0743. The minimum absolute atomic E-state index is 0.0852. The molecule has 3 N–H and O–H groups in total. The van der Waals surface area contributed by atoms with E-state index in [0.29, 0.717) is 12.3 Å². The molecule has 5 nitrogen and oxygen atoms in total. The fourth-order valence-electron chi connectivity index (χ4n) is 2.89. The maximum absolute atomic E-state index is 12.2. The van der Waals surface area contributed by atoms with Crippen LogP contribution in [0.15, 0.2) is 18.2 Å². The minimum atomic E-state index is -0.325. The predicted octanol–water partition coefficient (Wildman–Crippen LogP) is 2.07. The summed E-state index contributed by atoms with van der Waals surface area (Å²) in [7, 11) is 1.50. The lowest BCUT2D eigenvalue weighted by Gasteiger charge is -2.35. The van der Waals surface area contributed by atoms with Gasteiger partial charge in [-0.15, -0.1) is 0 Å². The van der Waals surface area contributed by atoms with Gasteiger partial charge in [0.15, 0.2) is 0 Å². The Morgan fingerprint density at radius 2 is 2.05 bits per heavy atom. The van der Waals surface area contributed by atoms with Gasteiger partial charge in [-0.1, -0.05) is 19.3 Å². The third-order valence-corrected chi connectivity index (χ3v) is 4.32. The highest BCUT2D eigenvalue weighted by atomic mass is 16.5. The highest BCUT2D eigenvalue weighted by molar-refractivity contribution is 5.97. The Morgan fingerprint density at radius 3 is 2.62 bits per heavy atom. The van der Waals surface area contributed by atoms with Crippen molar-refractivity contribution in [3.8, 4) is 11.5 Å². The Hall–Kier alpha value is -1.75. The summed E-state index contributed by atoms with van der Waals surface area (Å²) in [6.45, 7) is 0.523. The first-order valence-electron chi connectivity index (χ1n) is 7.36. The van der Waals surface area contributed by atoms with Gasteiger partial charge in [0.2, 0.25) is 0 Å². The molecule has 21 heavy (non-hydrogen) atoms. The van der Waals surface area contributed by atoms with Crippen LogP contribution >= 0.6 is 0 Å². The zero-order valence-corrected chi connectivity index (χ0v) is 12.4. The smallest absolute Gasteiger partial charge is 0.255 e. The second kappa shape index (κ2) is 6.80. The van der Waals surface area contributed by atoms with Crippen LogP contribution in [-0.2, 0) is 0 Å². The van der Waals surface area contributed by atoms with E-state index in [-0.39, 0.29) is 29.2 Å². The zero-order chi connectivity index (χ0) is 15.3. The van der Waals surface area contributed by atoms with Gasteiger partial charge in [0.25, 0.3) is 5.91 Å². The minimum Gasteiger partial charge on any atom is -0.507 e. The van der Waals surface area contributed by atoms with Crippen LogP contribution in [-0.4, -0.2) is 36.4 Å². The van der Waals surface area contributed by atoms with Crippen molar-refractivity contribution in [2.75, 3.05) is 20.3 Å². The average molecular weight is 293 g/mol. The van der Waals surface area contributed by atoms with E-state index in [1.807, 2.05) is 0 Å². The number of methoxy groups -OCH3 is 1. The van der Waals surface area contributed by atoms with E-state index in [9.17, 15) is 15.0 Å². The molecular weight excluding hydrogens is 270 g/mol. The van der Waals surface area contributed by atoms with Crippen molar-refractivity contribution < 1.29 is 19.7 Å². The lowest BCUT2D eigenvalue weighted by atomic mass is 9.74. The van der Waals surface area contributed by atoms with Crippen LogP contribution in [0.1, 0.15) is 42.5 Å². The second-order valence-corrected chi connectivity index (χ2v) is 5.78. The van der Waals surface area contributed by atoms with Crippen molar-refractivity contribution in [1.82, 2.24) is 5.32 Å². The van der Waals surface area contributed by atoms with Gasteiger partial charge in [0, 0.05) is 18.0 Å². The normalized spacial score (nSPS) is 17.2. The Balaban J connectivity index is 2.01. The molecule has 0 bridgehead atoms. The first kappa shape index (κ1) is 15.6. The Bertz CT molecular complexity index is 495. The number of phenols is 1. The van der Waals surface area contributed by atoms with Gasteiger partial charge >= 0.3 is 0 Å². The molecule has 0 atom stereocenters. The van der Waals surface area contributed by atoms with Crippen molar-refractivity contribution >= 4 is 5.91 Å². The van der Waals surface area contributed by atoms with Crippen LogP contribution in [0.5, 0.6) is 11.5 Å². The number of benzene rings is 1. The third-order valence-electron chi connectivity index (χ3n) is 4.32. The fourth-order valence-corrected chi connectivity index (χ4v) is 2.89. The molecule has 1 aromatic rings. The number of carbonyl (C=O) groups excluding carboxylic acids is 1. The monoisotopic (exact) mass is 293 g/mol. The maximum Gasteiger partial charge on any atom is 0.255 e. The first-order chi connectivity index (χ1) is 10.1. The molecule has 1 aliphatic rings. The number of aliphatic hydroxyl groups is 1. The van der Waals surface area contributed by atoms with Crippen LogP contribution in [0.3, 0.4) is 0 Å². The summed E-state index contributed by atoms with van der Waals surface area (Å²) in [5.41, 5.74) is 0.00964. The first-order valence-corrected chi connectivity index (χ1v) is 7.36. The molecule has 1 fully saturated rings. The highest BCUT2D eigenvalue weighted by Gasteiger charge is 2.32. The molecule has 0 saturated heterocycles. The molecule has 2 rings (SSSR count). The number of aromatic hydroxyl groups is 1. The van der Waals surface area contributed by atoms with Gasteiger partial charge in [-0.2, -0.15) is 0 Å². The molecule has 0 heterocycles. The number of carbonyl (C=O) groups is 1. The van der Waals surface area contributed by atoms with E-state index in [0.717, 1.165) is 25.7 Å². The predicted molar refractivity (Wildman–Crippen MR) is 79.6 cm³/mol. The van der Waals surface area contributed by atoms with Crippen molar-refractivity contribution in [3.05, 3.63) is 23.8 Å². The molecule has 0 aromatic heterocycles. The van der Waals surface area contributed by atoms with Gasteiger partial charge in [0.1, 0.15) is 11.5 Å². The van der Waals surface area contributed by atoms with Crippen LogP contribution in [0, 0.1) is 5.41 Å². The SMILES string of the molecule is COc1ccc(C(=O)NCC2(CO)CCCCC2)c(O)c1. The lowest BCUT2D eigenvalue weighted by molar-refractivity contribution is 0.0717. The molecule has 0 spiro atoms. The summed E-state index contributed by atoms with van der Waals surface area (Å²) in [4.78, 5) is 12.2. The van der Waals surface area contributed by atoms with E-state index in [2.05, 4.69) is 5.32 Å². The molecule has 0 unspecified atom stereocenters. The largest absolute Gasteiger partial charge is 0.507 e. The number of nitrogens with one attached hydrogen (secondary N) is 1. The molecule has 116 valence electrons. The van der Waals surface area contributed by atoms with Crippen molar-refractivity contribution in [3.63, 3.8) is 0 Å². The zero-order valence-electron chi connectivity index (χ0n) is 12.4. The second-order valence-electron chi connectivity index (χ2n) is 5.78. The number of hydrogen-bond donors (Lipinski definition) is 3. The van der Waals surface area contributed by atoms with Crippen LogP contribution in [0.2, 0.25) is 0 Å². The van der Waals surface area contributed by atoms with Crippen LogP contribution in [0.25, 0.3) is 0 Å². The van der Waals surface area contributed by atoms with Gasteiger partial charge < -0.3 is 20.3 Å². The Kier molecular flexibility index (Phi) is 5.07. The van der Waals surface area contributed by atoms with Crippen molar-refractivity contribution in [2.45, 2.75) is 32.1 Å². The van der Waals surface area contributed by atoms with Gasteiger partial charge in [-0.25, -0.2) is 0 Å². The summed E-state index contributed by atoms with van der Waals surface area (Å²) in [6, 6.07) is 4.59. The number of hydrogen-bond acceptors (Lipinski definition) is 4. The molecule has 5 heteroatoms. The molecule has 0 radical (unpaired) electrons. The molecule has 0 aliphatic heterocycles. The Morgan fingerprint density at radius 1 is 1.33 bits per heavy atom. The third kappa shape index (κ3) is 3.67. The van der Waals surface area contributed by atoms with Crippen LogP contribution < -0.4 is 10.1 Å². The quantitative estimate of drug-likeness (QED) is 0.776. The summed E-state index contributed by atoms with van der Waals surface area (Å²) in [5, 5.41) is 22.3. The van der Waals surface area contributed by atoms with E-state index < -0.39 is 0 Å². The number of amides is 1. The maximum atomic E-state index is 12.2. The summed E-state index contributed by atoms with van der Waals surface area (Å²) in [6.07, 6.45) is 5.22. The number of aliphatic hydroxyl groups excluding tert-OH is 1. The number of ether oxygens (including phenoxy) is 1. The van der Waals surface area contributed by atoms with E-state index in [4.69, 9.17) is 4.74 Å². The average Bonchev–Trinajstić information content (AvgIpc) is 2.53. The van der Waals surface area contributed by atoms with E-state index in [1.165, 1.54) is 25.7 Å². The number of phenolic OH excluding ortho intramolecular Hbond substituents is 1. The van der Waals surface area contributed by atoms with E-state index >= 15 is 0 Å². The summed E-state index contributed by atoms with van der Waals surface area (Å²) < 4.78 is 4.99.